The topological polar surface area (TPSA) is 71.8 Å². The van der Waals surface area contributed by atoms with Crippen molar-refractivity contribution in [3.05, 3.63) is 57.6 Å². The van der Waals surface area contributed by atoms with E-state index < -0.39 is 4.92 Å². The average Bonchev–Trinajstić information content (AvgIpc) is 2.82. The zero-order valence-corrected chi connectivity index (χ0v) is 11.2. The number of nitrogens with zero attached hydrogens (tertiary/aromatic N) is 2. The molecule has 0 bridgehead atoms. The smallest absolute Gasteiger partial charge is 0.270 e. The van der Waals surface area contributed by atoms with E-state index in [4.69, 9.17) is 0 Å². The van der Waals surface area contributed by atoms with Crippen LogP contribution in [0, 0.1) is 24.0 Å². The number of non-ortho nitro benzene ring substituents is 1. The maximum absolute atomic E-state index is 10.8. The zero-order chi connectivity index (χ0) is 14.3. The van der Waals surface area contributed by atoms with E-state index in [9.17, 15) is 10.1 Å². The summed E-state index contributed by atoms with van der Waals surface area (Å²) in [6.07, 6.45) is 0. The number of nitro groups is 1. The molecule has 5 heteroatoms. The molecule has 3 aromatic rings. The molecule has 0 aliphatic heterocycles. The number of rotatable bonds is 2. The summed E-state index contributed by atoms with van der Waals surface area (Å²) >= 11 is 0. The summed E-state index contributed by atoms with van der Waals surface area (Å²) in [6.45, 7) is 4.08. The van der Waals surface area contributed by atoms with E-state index in [1.165, 1.54) is 23.3 Å². The third-order valence-electron chi connectivity index (χ3n) is 3.43. The molecule has 0 aliphatic rings. The van der Waals surface area contributed by atoms with Crippen molar-refractivity contribution in [2.24, 2.45) is 0 Å². The van der Waals surface area contributed by atoms with Gasteiger partial charge in [0.25, 0.3) is 5.69 Å². The molecule has 20 heavy (non-hydrogen) atoms. The Kier molecular flexibility index (Phi) is 2.75. The van der Waals surface area contributed by atoms with E-state index in [1.807, 2.05) is 32.0 Å². The maximum Gasteiger partial charge on any atom is 0.270 e. The summed E-state index contributed by atoms with van der Waals surface area (Å²) in [5.74, 6) is 0.647. The van der Waals surface area contributed by atoms with Crippen molar-refractivity contribution in [2.75, 3.05) is 0 Å². The molecule has 0 radical (unpaired) electrons. The Bertz CT molecular complexity index is 782. The fourth-order valence-corrected chi connectivity index (χ4v) is 2.17. The number of nitrogens with one attached hydrogen (secondary N) is 1. The molecule has 1 aromatic heterocycles. The summed E-state index contributed by atoms with van der Waals surface area (Å²) < 4.78 is 0. The van der Waals surface area contributed by atoms with Crippen LogP contribution >= 0.6 is 0 Å². The van der Waals surface area contributed by atoms with Gasteiger partial charge in [-0.3, -0.25) is 10.1 Å². The van der Waals surface area contributed by atoms with Gasteiger partial charge in [-0.05, 0) is 37.1 Å². The largest absolute Gasteiger partial charge is 0.338 e. The highest BCUT2D eigenvalue weighted by Crippen LogP contribution is 2.25. The minimum absolute atomic E-state index is 0.0651. The number of benzene rings is 2. The Hall–Kier alpha value is -2.69. The summed E-state index contributed by atoms with van der Waals surface area (Å²) in [6, 6.07) is 10.5. The lowest BCUT2D eigenvalue weighted by Crippen LogP contribution is -1.88. The number of hydrogen-bond donors (Lipinski definition) is 1. The first-order chi connectivity index (χ1) is 9.54. The van der Waals surface area contributed by atoms with Crippen LogP contribution in [0.2, 0.25) is 0 Å². The highest BCUT2D eigenvalue weighted by atomic mass is 16.6. The summed E-state index contributed by atoms with van der Waals surface area (Å²) in [5, 5.41) is 10.8. The Morgan fingerprint density at radius 3 is 2.65 bits per heavy atom. The molecule has 0 saturated heterocycles. The maximum atomic E-state index is 10.8. The minimum Gasteiger partial charge on any atom is -0.338 e. The quantitative estimate of drug-likeness (QED) is 0.567. The molecule has 1 heterocycles. The van der Waals surface area contributed by atoms with Crippen molar-refractivity contribution < 1.29 is 4.92 Å². The van der Waals surface area contributed by atoms with Crippen LogP contribution in [0.3, 0.4) is 0 Å². The number of hydrogen-bond acceptors (Lipinski definition) is 3. The first kappa shape index (κ1) is 12.3. The summed E-state index contributed by atoms with van der Waals surface area (Å²) in [5.41, 5.74) is 4.95. The molecule has 1 N–H and O–H groups in total. The predicted molar refractivity (Wildman–Crippen MR) is 77.7 cm³/mol. The molecule has 3 rings (SSSR count). The van der Waals surface area contributed by atoms with Crippen molar-refractivity contribution in [3.8, 4) is 11.4 Å². The van der Waals surface area contributed by atoms with E-state index in [2.05, 4.69) is 9.97 Å². The first-order valence-corrected chi connectivity index (χ1v) is 6.26. The monoisotopic (exact) mass is 267 g/mol. The van der Waals surface area contributed by atoms with Crippen LogP contribution in [0.15, 0.2) is 36.4 Å². The van der Waals surface area contributed by atoms with E-state index in [0.717, 1.165) is 11.0 Å². The van der Waals surface area contributed by atoms with E-state index in [0.29, 0.717) is 11.4 Å². The second-order valence-corrected chi connectivity index (χ2v) is 4.85. The Balaban J connectivity index is 2.15. The first-order valence-electron chi connectivity index (χ1n) is 6.26. The van der Waals surface area contributed by atoms with Crippen LogP contribution < -0.4 is 0 Å². The molecule has 0 aliphatic carbocycles. The molecule has 0 saturated carbocycles. The lowest BCUT2D eigenvalue weighted by molar-refractivity contribution is -0.384. The third-order valence-corrected chi connectivity index (χ3v) is 3.43. The SMILES string of the molecule is Cc1cc2nc(-c3cccc([N+](=O)[O-])c3)[nH]c2cc1C. The van der Waals surface area contributed by atoms with Gasteiger partial charge in [-0.1, -0.05) is 12.1 Å². The van der Waals surface area contributed by atoms with Crippen molar-refractivity contribution in [3.63, 3.8) is 0 Å². The lowest BCUT2D eigenvalue weighted by Gasteiger charge is -1.97. The van der Waals surface area contributed by atoms with Crippen LogP contribution in [-0.4, -0.2) is 14.9 Å². The highest BCUT2D eigenvalue weighted by Gasteiger charge is 2.11. The van der Waals surface area contributed by atoms with Crippen molar-refractivity contribution in [2.45, 2.75) is 13.8 Å². The second kappa shape index (κ2) is 4.45. The van der Waals surface area contributed by atoms with E-state index in [-0.39, 0.29) is 5.69 Å². The molecule has 0 fully saturated rings. The van der Waals surface area contributed by atoms with Gasteiger partial charge in [0.05, 0.1) is 16.0 Å². The third kappa shape index (κ3) is 2.03. The number of nitro benzene ring substituents is 1. The van der Waals surface area contributed by atoms with Gasteiger partial charge in [0.15, 0.2) is 0 Å². The highest BCUT2D eigenvalue weighted by molar-refractivity contribution is 5.81. The summed E-state index contributed by atoms with van der Waals surface area (Å²) in [4.78, 5) is 18.1. The number of fused-ring (bicyclic) bond motifs is 1. The normalized spacial score (nSPS) is 10.9. The van der Waals surface area contributed by atoms with Crippen LogP contribution in [0.4, 0.5) is 5.69 Å². The summed E-state index contributed by atoms with van der Waals surface area (Å²) in [7, 11) is 0. The number of aryl methyl sites for hydroxylation is 2. The Labute approximate surface area is 115 Å². The van der Waals surface area contributed by atoms with Gasteiger partial charge in [0.1, 0.15) is 5.82 Å². The molecular formula is C15H13N3O2. The van der Waals surface area contributed by atoms with Crippen LogP contribution in [-0.2, 0) is 0 Å². The molecule has 0 atom stereocenters. The Morgan fingerprint density at radius 2 is 1.90 bits per heavy atom. The predicted octanol–water partition coefficient (Wildman–Crippen LogP) is 3.75. The number of aromatic amines is 1. The second-order valence-electron chi connectivity index (χ2n) is 4.85. The molecule has 0 spiro atoms. The van der Waals surface area contributed by atoms with Gasteiger partial charge in [0, 0.05) is 17.7 Å². The zero-order valence-electron chi connectivity index (χ0n) is 11.2. The number of imidazole rings is 1. The molecule has 0 amide bonds. The van der Waals surface area contributed by atoms with Gasteiger partial charge in [0.2, 0.25) is 0 Å². The van der Waals surface area contributed by atoms with Gasteiger partial charge in [-0.2, -0.15) is 0 Å². The standard InChI is InChI=1S/C15H13N3O2/c1-9-6-13-14(7-10(9)2)17-15(16-13)11-4-3-5-12(8-11)18(19)20/h3-8H,1-2H3,(H,16,17). The molecular weight excluding hydrogens is 254 g/mol. The molecule has 100 valence electrons. The van der Waals surface area contributed by atoms with Crippen LogP contribution in [0.5, 0.6) is 0 Å². The van der Waals surface area contributed by atoms with E-state index >= 15 is 0 Å². The number of aromatic nitrogens is 2. The Morgan fingerprint density at radius 1 is 1.15 bits per heavy atom. The fourth-order valence-electron chi connectivity index (χ4n) is 2.17. The fraction of sp³-hybridized carbons (Fsp3) is 0.133. The van der Waals surface area contributed by atoms with Crippen LogP contribution in [0.25, 0.3) is 22.4 Å². The van der Waals surface area contributed by atoms with Crippen LogP contribution in [0.1, 0.15) is 11.1 Å². The lowest BCUT2D eigenvalue weighted by atomic mass is 10.1. The number of H-pyrrole nitrogens is 1. The van der Waals surface area contributed by atoms with Gasteiger partial charge >= 0.3 is 0 Å². The molecule has 0 unspecified atom stereocenters. The minimum atomic E-state index is -0.402. The van der Waals surface area contributed by atoms with Crippen molar-refractivity contribution >= 4 is 16.7 Å². The van der Waals surface area contributed by atoms with E-state index in [1.54, 1.807) is 6.07 Å². The van der Waals surface area contributed by atoms with Gasteiger partial charge < -0.3 is 4.98 Å². The molecule has 5 nitrogen and oxygen atoms in total. The van der Waals surface area contributed by atoms with Gasteiger partial charge in [-0.25, -0.2) is 4.98 Å². The molecule has 2 aromatic carbocycles. The van der Waals surface area contributed by atoms with Crippen molar-refractivity contribution in [1.29, 1.82) is 0 Å². The van der Waals surface area contributed by atoms with Gasteiger partial charge in [-0.15, -0.1) is 0 Å². The average molecular weight is 267 g/mol. The van der Waals surface area contributed by atoms with Crippen molar-refractivity contribution in [1.82, 2.24) is 9.97 Å².